The van der Waals surface area contributed by atoms with Crippen LogP contribution in [-0.2, 0) is 9.53 Å². The van der Waals surface area contributed by atoms with Gasteiger partial charge >= 0.3 is 6.09 Å². The molecule has 0 aliphatic rings. The number of rotatable bonds is 7. The summed E-state index contributed by atoms with van der Waals surface area (Å²) in [6.07, 6.45) is -0.596. The number of thiazole rings is 1. The zero-order chi connectivity index (χ0) is 20.6. The number of benzene rings is 2. The van der Waals surface area contributed by atoms with Crippen LogP contribution in [-0.4, -0.2) is 30.2 Å². The van der Waals surface area contributed by atoms with Gasteiger partial charge in [-0.05, 0) is 26.0 Å². The maximum Gasteiger partial charge on any atom is 0.413 e. The van der Waals surface area contributed by atoms with E-state index in [1.165, 1.54) is 0 Å². The molecule has 2 N–H and O–H groups in total. The molecule has 0 atom stereocenters. The Balaban J connectivity index is 1.73. The molecule has 0 aliphatic heterocycles. The molecule has 8 heteroatoms. The van der Waals surface area contributed by atoms with Crippen molar-refractivity contribution in [1.29, 1.82) is 0 Å². The van der Waals surface area contributed by atoms with Crippen LogP contribution < -0.4 is 15.4 Å². The van der Waals surface area contributed by atoms with E-state index in [9.17, 15) is 9.59 Å². The smallest absolute Gasteiger partial charge is 0.413 e. The van der Waals surface area contributed by atoms with Gasteiger partial charge in [-0.1, -0.05) is 59.4 Å². The lowest BCUT2D eigenvalue weighted by Crippen LogP contribution is -2.19. The SMILES string of the molecule is CCOC(=O)Nc1nc(-c2ccccc2)c(NC(=O)COc2ccc(C)cc2)s1. The molecule has 3 rings (SSSR count). The molecule has 1 heterocycles. The van der Waals surface area contributed by atoms with E-state index in [0.717, 1.165) is 22.5 Å². The highest BCUT2D eigenvalue weighted by atomic mass is 32.1. The fourth-order valence-corrected chi connectivity index (χ4v) is 3.34. The summed E-state index contributed by atoms with van der Waals surface area (Å²) in [7, 11) is 0. The first kappa shape index (κ1) is 20.3. The number of nitrogens with one attached hydrogen (secondary N) is 2. The Kier molecular flexibility index (Phi) is 6.80. The molecule has 0 saturated carbocycles. The predicted molar refractivity (Wildman–Crippen MR) is 113 cm³/mol. The maximum absolute atomic E-state index is 12.4. The van der Waals surface area contributed by atoms with E-state index >= 15 is 0 Å². The van der Waals surface area contributed by atoms with Gasteiger partial charge in [-0.15, -0.1) is 0 Å². The Bertz CT molecular complexity index is 971. The van der Waals surface area contributed by atoms with Crippen LogP contribution in [0.15, 0.2) is 54.6 Å². The van der Waals surface area contributed by atoms with Gasteiger partial charge in [0.1, 0.15) is 16.4 Å². The van der Waals surface area contributed by atoms with Crippen LogP contribution in [0.1, 0.15) is 12.5 Å². The van der Waals surface area contributed by atoms with Gasteiger partial charge in [0.25, 0.3) is 5.91 Å². The van der Waals surface area contributed by atoms with Gasteiger partial charge in [-0.2, -0.15) is 0 Å². The summed E-state index contributed by atoms with van der Waals surface area (Å²) in [5.74, 6) is 0.289. The number of carbonyl (C=O) groups is 2. The van der Waals surface area contributed by atoms with E-state index in [1.807, 2.05) is 61.5 Å². The third kappa shape index (κ3) is 5.79. The largest absolute Gasteiger partial charge is 0.484 e. The lowest BCUT2D eigenvalue weighted by atomic mass is 10.2. The minimum atomic E-state index is -0.596. The number of ether oxygens (including phenoxy) is 2. The van der Waals surface area contributed by atoms with Crippen LogP contribution in [0.5, 0.6) is 5.75 Å². The second-order valence-corrected chi connectivity index (χ2v) is 7.06. The average molecular weight is 411 g/mol. The minimum Gasteiger partial charge on any atom is -0.484 e. The molecular formula is C21H21N3O4S. The van der Waals surface area contributed by atoms with Crippen molar-refractivity contribution in [1.82, 2.24) is 4.98 Å². The van der Waals surface area contributed by atoms with E-state index in [2.05, 4.69) is 15.6 Å². The van der Waals surface area contributed by atoms with E-state index in [0.29, 0.717) is 21.6 Å². The van der Waals surface area contributed by atoms with Gasteiger partial charge < -0.3 is 14.8 Å². The molecule has 0 bridgehead atoms. The summed E-state index contributed by atoms with van der Waals surface area (Å²) in [5.41, 5.74) is 2.49. The fourth-order valence-electron chi connectivity index (χ4n) is 2.45. The van der Waals surface area contributed by atoms with Crippen molar-refractivity contribution in [3.8, 4) is 17.0 Å². The maximum atomic E-state index is 12.4. The molecule has 0 unspecified atom stereocenters. The molecule has 0 saturated heterocycles. The molecule has 1 aromatic heterocycles. The third-order valence-corrected chi connectivity index (χ3v) is 4.69. The van der Waals surface area contributed by atoms with Crippen molar-refractivity contribution in [2.24, 2.45) is 0 Å². The number of carbonyl (C=O) groups excluding carboxylic acids is 2. The van der Waals surface area contributed by atoms with Crippen LogP contribution >= 0.6 is 11.3 Å². The fraction of sp³-hybridized carbons (Fsp3) is 0.190. The second kappa shape index (κ2) is 9.70. The molecule has 7 nitrogen and oxygen atoms in total. The van der Waals surface area contributed by atoms with Crippen molar-refractivity contribution < 1.29 is 19.1 Å². The van der Waals surface area contributed by atoms with Gasteiger partial charge in [0.05, 0.1) is 6.61 Å². The summed E-state index contributed by atoms with van der Waals surface area (Å²) in [6.45, 7) is 3.81. The zero-order valence-electron chi connectivity index (χ0n) is 16.1. The molecule has 2 amide bonds. The monoisotopic (exact) mass is 411 g/mol. The quantitative estimate of drug-likeness (QED) is 0.588. The van der Waals surface area contributed by atoms with Crippen LogP contribution in [0.25, 0.3) is 11.3 Å². The van der Waals surface area contributed by atoms with Gasteiger partial charge in [0.2, 0.25) is 0 Å². The van der Waals surface area contributed by atoms with Crippen LogP contribution in [0.4, 0.5) is 14.9 Å². The van der Waals surface area contributed by atoms with Gasteiger partial charge in [0.15, 0.2) is 11.7 Å². The van der Waals surface area contributed by atoms with Crippen molar-refractivity contribution in [2.75, 3.05) is 23.8 Å². The van der Waals surface area contributed by atoms with Crippen LogP contribution in [0.2, 0.25) is 0 Å². The topological polar surface area (TPSA) is 89.5 Å². The third-order valence-electron chi connectivity index (χ3n) is 3.80. The average Bonchev–Trinajstić information content (AvgIpc) is 3.10. The number of aryl methyl sites for hydroxylation is 1. The zero-order valence-corrected chi connectivity index (χ0v) is 16.9. The first-order valence-corrected chi connectivity index (χ1v) is 9.86. The molecule has 0 fully saturated rings. The lowest BCUT2D eigenvalue weighted by molar-refractivity contribution is -0.118. The highest BCUT2D eigenvalue weighted by Gasteiger charge is 2.17. The summed E-state index contributed by atoms with van der Waals surface area (Å²) in [6, 6.07) is 16.8. The van der Waals surface area contributed by atoms with Crippen molar-refractivity contribution >= 4 is 33.5 Å². The van der Waals surface area contributed by atoms with Gasteiger partial charge in [-0.25, -0.2) is 9.78 Å². The molecule has 3 aromatic rings. The van der Waals surface area contributed by atoms with Crippen molar-refractivity contribution in [2.45, 2.75) is 13.8 Å². The van der Waals surface area contributed by atoms with E-state index in [1.54, 1.807) is 6.92 Å². The lowest BCUT2D eigenvalue weighted by Gasteiger charge is -2.07. The Labute approximate surface area is 172 Å². The molecule has 29 heavy (non-hydrogen) atoms. The minimum absolute atomic E-state index is 0.143. The normalized spacial score (nSPS) is 10.3. The highest BCUT2D eigenvalue weighted by Crippen LogP contribution is 2.35. The molecule has 2 aromatic carbocycles. The number of hydrogen-bond donors (Lipinski definition) is 2. The molecule has 0 aliphatic carbocycles. The summed E-state index contributed by atoms with van der Waals surface area (Å²) in [4.78, 5) is 28.5. The number of anilines is 2. The van der Waals surface area contributed by atoms with Gasteiger partial charge in [-0.3, -0.25) is 10.1 Å². The molecule has 0 radical (unpaired) electrons. The number of aromatic nitrogens is 1. The molecular weight excluding hydrogens is 390 g/mol. The summed E-state index contributed by atoms with van der Waals surface area (Å²) >= 11 is 1.15. The molecule has 150 valence electrons. The Morgan fingerprint density at radius 3 is 2.45 bits per heavy atom. The summed E-state index contributed by atoms with van der Waals surface area (Å²) in [5, 5.41) is 6.23. The van der Waals surface area contributed by atoms with Gasteiger partial charge in [0, 0.05) is 5.56 Å². The predicted octanol–water partition coefficient (Wildman–Crippen LogP) is 4.70. The standard InChI is InChI=1S/C21H21N3O4S/c1-3-27-21(26)24-20-23-18(15-7-5-4-6-8-15)19(29-20)22-17(25)13-28-16-11-9-14(2)10-12-16/h4-12H,3,13H2,1-2H3,(H,22,25)(H,23,24,26). The number of nitrogens with zero attached hydrogens (tertiary/aromatic N) is 1. The molecule has 0 spiro atoms. The number of amides is 2. The van der Waals surface area contributed by atoms with E-state index < -0.39 is 6.09 Å². The van der Waals surface area contributed by atoms with E-state index in [-0.39, 0.29) is 19.1 Å². The van der Waals surface area contributed by atoms with Crippen LogP contribution in [0.3, 0.4) is 0 Å². The Morgan fingerprint density at radius 2 is 1.76 bits per heavy atom. The highest BCUT2D eigenvalue weighted by molar-refractivity contribution is 7.20. The summed E-state index contributed by atoms with van der Waals surface area (Å²) < 4.78 is 10.4. The van der Waals surface area contributed by atoms with Crippen molar-refractivity contribution in [3.05, 3.63) is 60.2 Å². The van der Waals surface area contributed by atoms with Crippen molar-refractivity contribution in [3.63, 3.8) is 0 Å². The Hall–Kier alpha value is -3.39. The first-order chi connectivity index (χ1) is 14.0. The second-order valence-electron chi connectivity index (χ2n) is 6.06. The number of hydrogen-bond acceptors (Lipinski definition) is 6. The Morgan fingerprint density at radius 1 is 1.03 bits per heavy atom. The van der Waals surface area contributed by atoms with E-state index in [4.69, 9.17) is 9.47 Å². The van der Waals surface area contributed by atoms with Crippen LogP contribution in [0, 0.1) is 6.92 Å². The first-order valence-electron chi connectivity index (χ1n) is 9.04.